The van der Waals surface area contributed by atoms with Gasteiger partial charge in [0.25, 0.3) is 0 Å². The Morgan fingerprint density at radius 3 is 2.02 bits per heavy atom. The minimum atomic E-state index is -4.85. The van der Waals surface area contributed by atoms with Gasteiger partial charge >= 0.3 is 12.5 Å². The quantitative estimate of drug-likeness (QED) is 0.245. The number of ketones is 1. The molecule has 3 rings (SSSR count). The van der Waals surface area contributed by atoms with Gasteiger partial charge < -0.3 is 9.84 Å². The Balaban J connectivity index is 0.000000316. The Kier molecular flexibility index (Phi) is 14.0. The minimum absolute atomic E-state index is 0.217. The zero-order valence-electron chi connectivity index (χ0n) is 24.0. The first-order valence-corrected chi connectivity index (χ1v) is 13.4. The summed E-state index contributed by atoms with van der Waals surface area (Å²) in [5, 5.41) is 9.59. The molecule has 4 nitrogen and oxygen atoms in total. The molecule has 0 radical (unpaired) electrons. The lowest BCUT2D eigenvalue weighted by Crippen LogP contribution is -2.38. The van der Waals surface area contributed by atoms with E-state index in [0.29, 0.717) is 29.7 Å². The highest BCUT2D eigenvalue weighted by atomic mass is 19.4. The Morgan fingerprint density at radius 1 is 0.976 bits per heavy atom. The molecule has 0 spiro atoms. The third kappa shape index (κ3) is 14.0. The maximum absolute atomic E-state index is 12.8. The zero-order chi connectivity index (χ0) is 31.4. The second kappa shape index (κ2) is 15.9. The fourth-order valence-corrected chi connectivity index (χ4v) is 3.89. The summed E-state index contributed by atoms with van der Waals surface area (Å²) < 4.78 is 88.4. The molecular weight excluding hydrogens is 555 g/mol. The summed E-state index contributed by atoms with van der Waals surface area (Å²) in [5.74, 6) is -1.61. The third-order valence-electron chi connectivity index (χ3n) is 6.10. The van der Waals surface area contributed by atoms with Crippen LogP contribution < -0.4 is 4.74 Å². The van der Waals surface area contributed by atoms with Crippen molar-refractivity contribution in [3.05, 3.63) is 58.9 Å². The van der Waals surface area contributed by atoms with E-state index in [1.165, 1.54) is 12.1 Å². The summed E-state index contributed by atoms with van der Waals surface area (Å²) in [4.78, 5) is 15.4. The Labute approximate surface area is 236 Å². The Morgan fingerprint density at radius 2 is 1.59 bits per heavy atom. The van der Waals surface area contributed by atoms with Crippen molar-refractivity contribution in [2.75, 3.05) is 0 Å². The first-order chi connectivity index (χ1) is 18.9. The number of Topliss-reactive ketones (excluding diaryl/α,β-unsaturated/α-hetero) is 1. The number of aliphatic imine (C=N–C) groups is 1. The molecule has 1 saturated carbocycles. The standard InChI is InChI=1S/C13H16F3N.C9H16O2.C8H6F4O/c1-4-5-10(3)17-12-7-6-11(8-9(12)2)13(14,15)16;1-2-4-8(10)7-9(11)5-3-6-9;1-5-2-3-7(6(9)4-5)13-8(10,11)12/h6-8H,4-5H2,1-3H3;11H,2-7H2,1H3;2-4H,1H3. The Bertz CT molecular complexity index is 1150. The zero-order valence-corrected chi connectivity index (χ0v) is 24.0. The van der Waals surface area contributed by atoms with Crippen LogP contribution in [0.25, 0.3) is 0 Å². The van der Waals surface area contributed by atoms with Gasteiger partial charge in [0, 0.05) is 18.6 Å². The highest BCUT2D eigenvalue weighted by Crippen LogP contribution is 2.35. The van der Waals surface area contributed by atoms with Gasteiger partial charge in [-0.2, -0.15) is 13.2 Å². The van der Waals surface area contributed by atoms with Crippen molar-refractivity contribution in [2.45, 2.75) is 104 Å². The van der Waals surface area contributed by atoms with Crippen LogP contribution in [0.2, 0.25) is 0 Å². The van der Waals surface area contributed by atoms with Crippen LogP contribution in [0.15, 0.2) is 41.4 Å². The molecule has 41 heavy (non-hydrogen) atoms. The summed E-state index contributed by atoms with van der Waals surface area (Å²) in [6.45, 7) is 9.13. The average molecular weight is 594 g/mol. The molecule has 0 saturated heterocycles. The van der Waals surface area contributed by atoms with E-state index in [-0.39, 0.29) is 5.78 Å². The van der Waals surface area contributed by atoms with Gasteiger partial charge in [-0.1, -0.05) is 26.3 Å². The number of aryl methyl sites for hydroxylation is 2. The normalized spacial score (nSPS) is 14.6. The lowest BCUT2D eigenvalue weighted by atomic mass is 9.76. The van der Waals surface area contributed by atoms with Gasteiger partial charge in [-0.15, -0.1) is 13.2 Å². The highest BCUT2D eigenvalue weighted by Gasteiger charge is 2.36. The second-order valence-corrected chi connectivity index (χ2v) is 10.1. The van der Waals surface area contributed by atoms with Crippen LogP contribution in [0.3, 0.4) is 0 Å². The molecule has 1 fully saturated rings. The Hall–Kier alpha value is -2.95. The number of rotatable bonds is 8. The van der Waals surface area contributed by atoms with E-state index in [1.54, 1.807) is 13.8 Å². The molecule has 1 aliphatic rings. The first kappa shape index (κ1) is 36.1. The van der Waals surface area contributed by atoms with Crippen molar-refractivity contribution < 1.29 is 45.4 Å². The molecule has 230 valence electrons. The van der Waals surface area contributed by atoms with E-state index < -0.39 is 35.3 Å². The van der Waals surface area contributed by atoms with Crippen molar-refractivity contribution in [1.82, 2.24) is 0 Å². The van der Waals surface area contributed by atoms with E-state index in [0.717, 1.165) is 68.5 Å². The lowest BCUT2D eigenvalue weighted by Gasteiger charge is -2.35. The first-order valence-electron chi connectivity index (χ1n) is 13.4. The molecule has 0 heterocycles. The summed E-state index contributed by atoms with van der Waals surface area (Å²) in [7, 11) is 0. The molecule has 11 heteroatoms. The van der Waals surface area contributed by atoms with Gasteiger partial charge in [0.1, 0.15) is 5.78 Å². The van der Waals surface area contributed by atoms with Gasteiger partial charge in [0.2, 0.25) is 0 Å². The molecule has 0 atom stereocenters. The van der Waals surface area contributed by atoms with E-state index in [4.69, 9.17) is 0 Å². The number of benzene rings is 2. The van der Waals surface area contributed by atoms with Crippen LogP contribution in [-0.2, 0) is 11.0 Å². The van der Waals surface area contributed by atoms with Gasteiger partial charge in [0.15, 0.2) is 11.6 Å². The van der Waals surface area contributed by atoms with Gasteiger partial charge in [-0.25, -0.2) is 4.39 Å². The lowest BCUT2D eigenvalue weighted by molar-refractivity contribution is -0.275. The van der Waals surface area contributed by atoms with Crippen LogP contribution in [0, 0.1) is 19.7 Å². The second-order valence-electron chi connectivity index (χ2n) is 10.1. The van der Waals surface area contributed by atoms with Crippen LogP contribution >= 0.6 is 0 Å². The van der Waals surface area contributed by atoms with Crippen molar-refractivity contribution in [1.29, 1.82) is 0 Å². The summed E-state index contributed by atoms with van der Waals surface area (Å²) in [5.41, 5.74) is 1.41. The maximum Gasteiger partial charge on any atom is 0.573 e. The molecule has 0 unspecified atom stereocenters. The predicted molar refractivity (Wildman–Crippen MR) is 145 cm³/mol. The number of aliphatic hydroxyl groups is 1. The molecule has 2 aromatic carbocycles. The van der Waals surface area contributed by atoms with Crippen LogP contribution in [0.5, 0.6) is 5.75 Å². The van der Waals surface area contributed by atoms with Gasteiger partial charge in [-0.3, -0.25) is 9.79 Å². The number of hydrogen-bond donors (Lipinski definition) is 1. The molecule has 0 bridgehead atoms. The minimum Gasteiger partial charge on any atom is -0.403 e. The van der Waals surface area contributed by atoms with Gasteiger partial charge in [0.05, 0.1) is 16.9 Å². The highest BCUT2D eigenvalue weighted by molar-refractivity contribution is 5.84. The fraction of sp³-hybridized carbons (Fsp3) is 0.533. The molecule has 1 N–H and O–H groups in total. The van der Waals surface area contributed by atoms with E-state index in [9.17, 15) is 40.6 Å². The van der Waals surface area contributed by atoms with Crippen LogP contribution in [0.1, 0.15) is 88.8 Å². The maximum atomic E-state index is 12.8. The SMILES string of the molecule is CCCC(=O)CC1(O)CCC1.CCCC(C)=Nc1ccc(C(F)(F)F)cc1C.Cc1ccc(OC(F)(F)F)c(F)c1. The average Bonchev–Trinajstić information content (AvgIpc) is 2.81. The van der Waals surface area contributed by atoms with Crippen molar-refractivity contribution >= 4 is 17.2 Å². The summed E-state index contributed by atoms with van der Waals surface area (Å²) in [6, 6.07) is 6.89. The number of carbonyl (C=O) groups is 1. The molecule has 0 aromatic heterocycles. The van der Waals surface area contributed by atoms with Crippen molar-refractivity contribution in [3.63, 3.8) is 0 Å². The topological polar surface area (TPSA) is 58.9 Å². The predicted octanol–water partition coefficient (Wildman–Crippen LogP) is 9.60. The fourth-order valence-electron chi connectivity index (χ4n) is 3.89. The molecule has 0 amide bonds. The summed E-state index contributed by atoms with van der Waals surface area (Å²) in [6.07, 6.45) is -2.66. The van der Waals surface area contributed by atoms with E-state index in [2.05, 4.69) is 9.73 Å². The number of hydrogen-bond acceptors (Lipinski definition) is 4. The molecule has 1 aliphatic carbocycles. The number of ether oxygens (including phenoxy) is 1. The largest absolute Gasteiger partial charge is 0.573 e. The smallest absolute Gasteiger partial charge is 0.403 e. The molecule has 2 aromatic rings. The van der Waals surface area contributed by atoms with Crippen molar-refractivity contribution in [2.24, 2.45) is 4.99 Å². The van der Waals surface area contributed by atoms with E-state index >= 15 is 0 Å². The molecular formula is C30H38F7NO3. The van der Waals surface area contributed by atoms with Crippen LogP contribution in [-0.4, -0.2) is 28.6 Å². The summed E-state index contributed by atoms with van der Waals surface area (Å²) >= 11 is 0. The number of carbonyl (C=O) groups excluding carboxylic acids is 1. The molecule has 0 aliphatic heterocycles. The van der Waals surface area contributed by atoms with Crippen molar-refractivity contribution in [3.8, 4) is 5.75 Å². The number of nitrogens with zero attached hydrogens (tertiary/aromatic N) is 1. The van der Waals surface area contributed by atoms with Crippen LogP contribution in [0.4, 0.5) is 36.4 Å². The van der Waals surface area contributed by atoms with Gasteiger partial charge in [-0.05, 0) is 94.3 Å². The monoisotopic (exact) mass is 593 g/mol. The van der Waals surface area contributed by atoms with E-state index in [1.807, 2.05) is 20.8 Å². The third-order valence-corrected chi connectivity index (χ3v) is 6.10. The number of alkyl halides is 6. The number of halogens is 7.